The van der Waals surface area contributed by atoms with Crippen molar-refractivity contribution in [2.24, 2.45) is 0 Å². The number of alkyl halides is 3. The van der Waals surface area contributed by atoms with Crippen LogP contribution in [0.5, 0.6) is 0 Å². The first-order valence-corrected chi connectivity index (χ1v) is 10.3. The summed E-state index contributed by atoms with van der Waals surface area (Å²) in [4.78, 5) is 36.2. The Kier molecular flexibility index (Phi) is 6.11. The van der Waals surface area contributed by atoms with Crippen molar-refractivity contribution in [3.05, 3.63) is 52.6 Å². The van der Waals surface area contributed by atoms with Crippen molar-refractivity contribution in [2.45, 2.75) is 13.1 Å². The summed E-state index contributed by atoms with van der Waals surface area (Å²) in [5.41, 5.74) is 0.0300. The fourth-order valence-electron chi connectivity index (χ4n) is 3.51. The van der Waals surface area contributed by atoms with Crippen molar-refractivity contribution in [3.63, 3.8) is 0 Å². The highest BCUT2D eigenvalue weighted by atomic mass is 35.5. The molecule has 9 nitrogen and oxygen atoms in total. The third-order valence-corrected chi connectivity index (χ3v) is 5.46. The topological polar surface area (TPSA) is 92.9 Å². The van der Waals surface area contributed by atoms with E-state index in [9.17, 15) is 22.8 Å². The Morgan fingerprint density at radius 3 is 2.58 bits per heavy atom. The van der Waals surface area contributed by atoms with Crippen LogP contribution in [0.3, 0.4) is 0 Å². The van der Waals surface area contributed by atoms with E-state index in [1.54, 1.807) is 24.1 Å². The number of halogens is 4. The quantitative estimate of drug-likeness (QED) is 0.528. The van der Waals surface area contributed by atoms with Gasteiger partial charge in [0.15, 0.2) is 12.3 Å². The first-order valence-electron chi connectivity index (χ1n) is 9.87. The standard InChI is InChI=1S/C20H18ClF3N6O3/c1-12-16(18-25-3-2-4-30(18)27-12)19(32)33-11-15(31)28-5-7-29(8-6-28)17-14(21)9-13(10-26-17)20(22,23)24/h2-4,9-10H,5-8,11H2,1H3. The van der Waals surface area contributed by atoms with Gasteiger partial charge in [-0.15, -0.1) is 0 Å². The summed E-state index contributed by atoms with van der Waals surface area (Å²) >= 11 is 6.00. The molecule has 0 bridgehead atoms. The number of hydrogen-bond acceptors (Lipinski definition) is 7. The lowest BCUT2D eigenvalue weighted by Gasteiger charge is -2.35. The molecule has 3 aromatic heterocycles. The van der Waals surface area contributed by atoms with E-state index in [0.29, 0.717) is 24.4 Å². The van der Waals surface area contributed by atoms with E-state index in [0.717, 1.165) is 12.3 Å². The minimum absolute atomic E-state index is 0.115. The third-order valence-electron chi connectivity index (χ3n) is 5.18. The van der Waals surface area contributed by atoms with E-state index >= 15 is 0 Å². The maximum absolute atomic E-state index is 12.8. The van der Waals surface area contributed by atoms with Gasteiger partial charge >= 0.3 is 12.1 Å². The van der Waals surface area contributed by atoms with Gasteiger partial charge in [0.25, 0.3) is 5.91 Å². The number of aromatic nitrogens is 4. The van der Waals surface area contributed by atoms with E-state index in [-0.39, 0.29) is 29.5 Å². The fraction of sp³-hybridized carbons (Fsp3) is 0.350. The van der Waals surface area contributed by atoms with Gasteiger partial charge in [0.1, 0.15) is 11.4 Å². The number of fused-ring (bicyclic) bond motifs is 1. The zero-order valence-electron chi connectivity index (χ0n) is 17.3. The minimum Gasteiger partial charge on any atom is -0.452 e. The summed E-state index contributed by atoms with van der Waals surface area (Å²) in [6, 6.07) is 2.50. The van der Waals surface area contributed by atoms with Crippen molar-refractivity contribution in [1.29, 1.82) is 0 Å². The molecule has 0 unspecified atom stereocenters. The molecule has 174 valence electrons. The van der Waals surface area contributed by atoms with E-state index < -0.39 is 30.2 Å². The first-order chi connectivity index (χ1) is 15.6. The van der Waals surface area contributed by atoms with E-state index in [1.165, 1.54) is 15.6 Å². The highest BCUT2D eigenvalue weighted by Crippen LogP contribution is 2.33. The van der Waals surface area contributed by atoms with Crippen LogP contribution >= 0.6 is 11.6 Å². The number of ether oxygens (including phenoxy) is 1. The number of piperazine rings is 1. The Hall–Kier alpha value is -3.41. The zero-order valence-corrected chi connectivity index (χ0v) is 18.1. The van der Waals surface area contributed by atoms with Crippen LogP contribution < -0.4 is 4.90 Å². The van der Waals surface area contributed by atoms with Gasteiger partial charge in [-0.3, -0.25) is 4.79 Å². The van der Waals surface area contributed by atoms with Crippen molar-refractivity contribution >= 4 is 34.9 Å². The maximum Gasteiger partial charge on any atom is 0.417 e. The number of rotatable bonds is 4. The Bertz CT molecular complexity index is 1210. The van der Waals surface area contributed by atoms with Crippen LogP contribution in [0.15, 0.2) is 30.7 Å². The van der Waals surface area contributed by atoms with Crippen LogP contribution in [0, 0.1) is 6.92 Å². The monoisotopic (exact) mass is 482 g/mol. The highest BCUT2D eigenvalue weighted by molar-refractivity contribution is 6.33. The molecule has 0 aliphatic carbocycles. The molecule has 13 heteroatoms. The van der Waals surface area contributed by atoms with Crippen molar-refractivity contribution in [2.75, 3.05) is 37.7 Å². The molecular formula is C20H18ClF3N6O3. The summed E-state index contributed by atoms with van der Waals surface area (Å²) in [5.74, 6) is -0.871. The molecule has 0 spiro atoms. The second kappa shape index (κ2) is 8.85. The second-order valence-electron chi connectivity index (χ2n) is 7.32. The van der Waals surface area contributed by atoms with Gasteiger partial charge in [-0.25, -0.2) is 19.3 Å². The van der Waals surface area contributed by atoms with Crippen LogP contribution in [-0.2, 0) is 15.7 Å². The Morgan fingerprint density at radius 1 is 1.18 bits per heavy atom. The van der Waals surface area contributed by atoms with Gasteiger partial charge in [-0.1, -0.05) is 11.6 Å². The molecule has 3 aromatic rings. The first kappa shape index (κ1) is 22.8. The molecule has 33 heavy (non-hydrogen) atoms. The largest absolute Gasteiger partial charge is 0.452 e. The Balaban J connectivity index is 1.33. The van der Waals surface area contributed by atoms with Gasteiger partial charge < -0.3 is 14.5 Å². The lowest BCUT2D eigenvalue weighted by Crippen LogP contribution is -2.50. The number of nitrogens with zero attached hydrogens (tertiary/aromatic N) is 6. The molecule has 0 atom stereocenters. The van der Waals surface area contributed by atoms with Gasteiger partial charge in [-0.05, 0) is 19.1 Å². The fourth-order valence-corrected chi connectivity index (χ4v) is 3.80. The van der Waals surface area contributed by atoms with E-state index in [4.69, 9.17) is 16.3 Å². The lowest BCUT2D eigenvalue weighted by atomic mass is 10.2. The summed E-state index contributed by atoms with van der Waals surface area (Å²) in [6.45, 7) is 2.36. The minimum atomic E-state index is -4.53. The average Bonchev–Trinajstić information content (AvgIpc) is 3.12. The molecule has 0 aromatic carbocycles. The number of carbonyl (C=O) groups is 2. The number of amides is 1. The molecule has 0 radical (unpaired) electrons. The average molecular weight is 483 g/mol. The van der Waals surface area contributed by atoms with E-state index in [1.807, 2.05) is 0 Å². The molecule has 0 saturated carbocycles. The number of anilines is 1. The molecule has 1 saturated heterocycles. The van der Waals surface area contributed by atoms with Gasteiger partial charge in [0, 0.05) is 44.8 Å². The van der Waals surface area contributed by atoms with Gasteiger partial charge in [0.2, 0.25) is 0 Å². The number of esters is 1. The van der Waals surface area contributed by atoms with Crippen LogP contribution in [0.25, 0.3) is 5.65 Å². The normalized spacial score (nSPS) is 14.6. The number of pyridine rings is 1. The predicted octanol–water partition coefficient (Wildman–Crippen LogP) is 2.61. The molecule has 1 aliphatic heterocycles. The summed E-state index contributed by atoms with van der Waals surface area (Å²) in [6.07, 6.45) is -0.630. The molecule has 4 heterocycles. The summed E-state index contributed by atoms with van der Waals surface area (Å²) < 4.78 is 45.0. The molecule has 1 aliphatic rings. The molecule has 4 rings (SSSR count). The van der Waals surface area contributed by atoms with E-state index in [2.05, 4.69) is 15.1 Å². The van der Waals surface area contributed by atoms with Crippen LogP contribution in [0.4, 0.5) is 19.0 Å². The number of hydrogen-bond donors (Lipinski definition) is 0. The lowest BCUT2D eigenvalue weighted by molar-refractivity contribution is -0.138. The van der Waals surface area contributed by atoms with Gasteiger partial charge in [0.05, 0.1) is 16.3 Å². The summed E-state index contributed by atoms with van der Waals surface area (Å²) in [5, 5.41) is 4.07. The smallest absolute Gasteiger partial charge is 0.417 e. The number of aryl methyl sites for hydroxylation is 1. The van der Waals surface area contributed by atoms with Crippen LogP contribution in [0.2, 0.25) is 5.02 Å². The Labute approximate surface area is 190 Å². The summed E-state index contributed by atoms with van der Waals surface area (Å²) in [7, 11) is 0. The predicted molar refractivity (Wildman–Crippen MR) is 111 cm³/mol. The van der Waals surface area contributed by atoms with Crippen molar-refractivity contribution in [1.82, 2.24) is 24.5 Å². The zero-order chi connectivity index (χ0) is 23.8. The van der Waals surface area contributed by atoms with Crippen LogP contribution in [0.1, 0.15) is 21.6 Å². The van der Waals surface area contributed by atoms with Crippen molar-refractivity contribution < 1.29 is 27.5 Å². The maximum atomic E-state index is 12.8. The number of carbonyl (C=O) groups excluding carboxylic acids is 2. The van der Waals surface area contributed by atoms with Gasteiger partial charge in [-0.2, -0.15) is 18.3 Å². The molecule has 0 N–H and O–H groups in total. The molecule has 1 amide bonds. The SMILES string of the molecule is Cc1nn2cccnc2c1C(=O)OCC(=O)N1CCN(c2ncc(C(F)(F)F)cc2Cl)CC1. The molecular weight excluding hydrogens is 465 g/mol. The third kappa shape index (κ3) is 4.70. The highest BCUT2D eigenvalue weighted by Gasteiger charge is 2.32. The molecule has 1 fully saturated rings. The van der Waals surface area contributed by atoms with Crippen LogP contribution in [-0.4, -0.2) is 69.1 Å². The Morgan fingerprint density at radius 2 is 1.91 bits per heavy atom. The second-order valence-corrected chi connectivity index (χ2v) is 7.73. The van der Waals surface area contributed by atoms with Crippen molar-refractivity contribution in [3.8, 4) is 0 Å².